The summed E-state index contributed by atoms with van der Waals surface area (Å²) in [6.07, 6.45) is -5.73. The van der Waals surface area contributed by atoms with Gasteiger partial charge in [0.05, 0.1) is 13.2 Å². The van der Waals surface area contributed by atoms with Crippen molar-refractivity contribution >= 4 is 17.3 Å². The number of hydrogen-bond acceptors (Lipinski definition) is 6. The molecule has 1 aromatic heterocycles. The van der Waals surface area contributed by atoms with Gasteiger partial charge in [-0.25, -0.2) is 4.79 Å². The lowest BCUT2D eigenvalue weighted by Crippen LogP contribution is -2.50. The fraction of sp³-hybridized carbons (Fsp3) is 0.667. The summed E-state index contributed by atoms with van der Waals surface area (Å²) < 4.78 is 55.5. The second-order valence-corrected chi connectivity index (χ2v) is 6.77. The van der Waals surface area contributed by atoms with Gasteiger partial charge in [-0.1, -0.05) is 6.07 Å². The Labute approximate surface area is 141 Å². The summed E-state index contributed by atoms with van der Waals surface area (Å²) in [5.41, 5.74) is 0. The summed E-state index contributed by atoms with van der Waals surface area (Å²) in [6, 6.07) is 3.04. The Bertz CT molecular complexity index is 548. The van der Waals surface area contributed by atoms with Crippen LogP contribution in [0.5, 0.6) is 0 Å². The van der Waals surface area contributed by atoms with Crippen molar-refractivity contribution in [1.29, 1.82) is 0 Å². The third kappa shape index (κ3) is 4.08. The van der Waals surface area contributed by atoms with Gasteiger partial charge in [-0.05, 0) is 11.4 Å². The zero-order valence-corrected chi connectivity index (χ0v) is 13.7. The molecule has 2 fully saturated rings. The lowest BCUT2D eigenvalue weighted by molar-refractivity contribution is -0.217. The minimum atomic E-state index is -4.61. The van der Waals surface area contributed by atoms with E-state index in [0.717, 1.165) is 11.3 Å². The fourth-order valence-corrected chi connectivity index (χ4v) is 3.49. The molecule has 0 radical (unpaired) electrons. The third-order valence-corrected chi connectivity index (χ3v) is 5.04. The molecular weight excluding hydrogens is 347 g/mol. The molecule has 0 aromatic carbocycles. The molecule has 1 unspecified atom stereocenters. The molecule has 2 aliphatic heterocycles. The second-order valence-electron chi connectivity index (χ2n) is 5.82. The summed E-state index contributed by atoms with van der Waals surface area (Å²) in [5, 5.41) is 1.62. The highest BCUT2D eigenvalue weighted by molar-refractivity contribution is 7.11. The van der Waals surface area contributed by atoms with E-state index in [1.165, 1.54) is 6.07 Å². The van der Waals surface area contributed by atoms with Gasteiger partial charge in [-0.15, -0.1) is 11.3 Å². The lowest BCUT2D eigenvalue weighted by atomic mass is 10.0. The van der Waals surface area contributed by atoms with Crippen molar-refractivity contribution in [3.63, 3.8) is 0 Å². The van der Waals surface area contributed by atoms with E-state index < -0.39 is 24.0 Å². The number of ether oxygens (including phenoxy) is 3. The first-order valence-corrected chi connectivity index (χ1v) is 8.57. The van der Waals surface area contributed by atoms with Gasteiger partial charge < -0.3 is 14.2 Å². The highest BCUT2D eigenvalue weighted by Crippen LogP contribution is 2.32. The number of carbonyl (C=O) groups is 1. The number of esters is 1. The van der Waals surface area contributed by atoms with Crippen LogP contribution in [-0.4, -0.2) is 61.8 Å². The summed E-state index contributed by atoms with van der Waals surface area (Å²) >= 11 is 1.05. The number of carbonyl (C=O) groups excluding carboxylic acids is 1. The highest BCUT2D eigenvalue weighted by atomic mass is 32.1. The van der Waals surface area contributed by atoms with Crippen molar-refractivity contribution in [3.8, 4) is 0 Å². The van der Waals surface area contributed by atoms with Crippen molar-refractivity contribution in [2.24, 2.45) is 0 Å². The van der Waals surface area contributed by atoms with Gasteiger partial charge in [0.2, 0.25) is 6.10 Å². The molecule has 0 N–H and O–H groups in total. The molecule has 2 saturated heterocycles. The Hall–Kier alpha value is -1.16. The first-order valence-electron chi connectivity index (χ1n) is 7.69. The molecule has 2 aliphatic rings. The molecule has 0 bridgehead atoms. The molecule has 3 rings (SSSR count). The minimum Gasteiger partial charge on any atom is -0.447 e. The molecular formula is C15H18F3NO4S. The van der Waals surface area contributed by atoms with Gasteiger partial charge in [0, 0.05) is 32.5 Å². The van der Waals surface area contributed by atoms with E-state index in [9.17, 15) is 18.0 Å². The molecule has 1 atom stereocenters. The molecule has 24 heavy (non-hydrogen) atoms. The minimum absolute atomic E-state index is 0.162. The van der Waals surface area contributed by atoms with Crippen LogP contribution in [0.15, 0.2) is 17.5 Å². The van der Waals surface area contributed by atoms with E-state index in [1.54, 1.807) is 16.3 Å². The molecule has 9 heteroatoms. The van der Waals surface area contributed by atoms with E-state index in [-0.39, 0.29) is 11.4 Å². The predicted molar refractivity (Wildman–Crippen MR) is 79.9 cm³/mol. The Kier molecular flexibility index (Phi) is 5.14. The number of halogens is 3. The van der Waals surface area contributed by atoms with Gasteiger partial charge in [-0.2, -0.15) is 13.2 Å². The molecule has 1 aromatic rings. The quantitative estimate of drug-likeness (QED) is 0.768. The maximum atomic E-state index is 13.2. The van der Waals surface area contributed by atoms with Crippen LogP contribution in [0.4, 0.5) is 13.2 Å². The summed E-state index contributed by atoms with van der Waals surface area (Å²) in [7, 11) is 0. The van der Waals surface area contributed by atoms with E-state index in [2.05, 4.69) is 0 Å². The monoisotopic (exact) mass is 365 g/mol. The SMILES string of the molecule is O=C(OC(CN1CCC2(CC1)OCCO2)C(F)(F)F)c1cccs1. The normalized spacial score (nSPS) is 22.6. The molecule has 5 nitrogen and oxygen atoms in total. The van der Waals surface area contributed by atoms with E-state index in [1.807, 2.05) is 0 Å². The number of nitrogens with zero attached hydrogens (tertiary/aromatic N) is 1. The molecule has 134 valence electrons. The Morgan fingerprint density at radius 2 is 2.00 bits per heavy atom. The molecule has 0 saturated carbocycles. The highest BCUT2D eigenvalue weighted by Gasteiger charge is 2.46. The molecule has 0 aliphatic carbocycles. The number of alkyl halides is 3. The first kappa shape index (κ1) is 17.7. The Morgan fingerprint density at radius 1 is 1.33 bits per heavy atom. The maximum absolute atomic E-state index is 13.2. The maximum Gasteiger partial charge on any atom is 0.426 e. The number of likely N-dealkylation sites (tertiary alicyclic amines) is 1. The largest absolute Gasteiger partial charge is 0.447 e. The van der Waals surface area contributed by atoms with Crippen LogP contribution >= 0.6 is 11.3 Å². The number of rotatable bonds is 4. The van der Waals surface area contributed by atoms with Crippen molar-refractivity contribution in [2.75, 3.05) is 32.8 Å². The van der Waals surface area contributed by atoms with Crippen LogP contribution in [0, 0.1) is 0 Å². The van der Waals surface area contributed by atoms with Gasteiger partial charge in [0.15, 0.2) is 5.79 Å². The second kappa shape index (κ2) is 6.99. The first-order chi connectivity index (χ1) is 11.4. The van der Waals surface area contributed by atoms with Crippen LogP contribution in [0.1, 0.15) is 22.5 Å². The van der Waals surface area contributed by atoms with Crippen LogP contribution in [0.2, 0.25) is 0 Å². The average molecular weight is 365 g/mol. The van der Waals surface area contributed by atoms with Crippen molar-refractivity contribution < 1.29 is 32.2 Å². The Morgan fingerprint density at radius 3 is 2.54 bits per heavy atom. The summed E-state index contributed by atoms with van der Waals surface area (Å²) in [4.78, 5) is 13.6. The van der Waals surface area contributed by atoms with Crippen LogP contribution in [0.3, 0.4) is 0 Å². The van der Waals surface area contributed by atoms with Crippen LogP contribution < -0.4 is 0 Å². The Balaban J connectivity index is 1.58. The number of piperidine rings is 1. The topological polar surface area (TPSA) is 48.0 Å². The molecule has 3 heterocycles. The standard InChI is InChI=1S/C15H18F3NO4S/c16-15(17,18)12(23-13(20)11-2-1-9-24-11)10-19-5-3-14(4-6-19)21-7-8-22-14/h1-2,9,12H,3-8,10H2. The van der Waals surface area contributed by atoms with Crippen LogP contribution in [-0.2, 0) is 14.2 Å². The number of thiophene rings is 1. The van der Waals surface area contributed by atoms with Gasteiger partial charge in [0.1, 0.15) is 4.88 Å². The van der Waals surface area contributed by atoms with Gasteiger partial charge >= 0.3 is 12.1 Å². The molecule has 1 spiro atoms. The van der Waals surface area contributed by atoms with E-state index in [0.29, 0.717) is 39.1 Å². The zero-order chi connectivity index (χ0) is 17.2. The smallest absolute Gasteiger partial charge is 0.426 e. The van der Waals surface area contributed by atoms with Gasteiger partial charge in [0.25, 0.3) is 0 Å². The average Bonchev–Trinajstić information content (AvgIpc) is 3.20. The van der Waals surface area contributed by atoms with Crippen molar-refractivity contribution in [2.45, 2.75) is 30.9 Å². The van der Waals surface area contributed by atoms with Gasteiger partial charge in [-0.3, -0.25) is 4.90 Å². The summed E-state index contributed by atoms with van der Waals surface area (Å²) in [5.74, 6) is -1.58. The predicted octanol–water partition coefficient (Wildman–Crippen LogP) is 2.67. The zero-order valence-electron chi connectivity index (χ0n) is 12.9. The van der Waals surface area contributed by atoms with Crippen molar-refractivity contribution in [3.05, 3.63) is 22.4 Å². The van der Waals surface area contributed by atoms with E-state index in [4.69, 9.17) is 14.2 Å². The summed E-state index contributed by atoms with van der Waals surface area (Å²) in [6.45, 7) is 1.47. The van der Waals surface area contributed by atoms with Crippen LogP contribution in [0.25, 0.3) is 0 Å². The van der Waals surface area contributed by atoms with E-state index >= 15 is 0 Å². The molecule has 0 amide bonds. The third-order valence-electron chi connectivity index (χ3n) is 4.19. The van der Waals surface area contributed by atoms with Crippen molar-refractivity contribution in [1.82, 2.24) is 4.90 Å². The number of hydrogen-bond donors (Lipinski definition) is 0. The fourth-order valence-electron chi connectivity index (χ4n) is 2.89. The lowest BCUT2D eigenvalue weighted by Gasteiger charge is -2.38.